The van der Waals surface area contributed by atoms with Crippen LogP contribution in [0.5, 0.6) is 0 Å². The number of carboxylic acid groups (broad SMARTS) is 1. The summed E-state index contributed by atoms with van der Waals surface area (Å²) in [6.45, 7) is 8.00. The number of hydrogen-bond acceptors (Lipinski definition) is 3. The molecule has 122 valence electrons. The number of carboxylic acids is 1. The number of nitrogens with zero attached hydrogens (tertiary/aromatic N) is 2. The first-order valence-corrected chi connectivity index (χ1v) is 7.86. The first-order chi connectivity index (χ1) is 9.88. The van der Waals surface area contributed by atoms with Gasteiger partial charge >= 0.3 is 12.0 Å². The molecule has 0 aliphatic carbocycles. The zero-order valence-corrected chi connectivity index (χ0v) is 13.6. The zero-order chi connectivity index (χ0) is 16.0. The van der Waals surface area contributed by atoms with Gasteiger partial charge < -0.3 is 20.2 Å². The molecule has 0 spiro atoms. The van der Waals surface area contributed by atoms with Crippen LogP contribution in [0.25, 0.3) is 0 Å². The Hall–Kier alpha value is -1.30. The van der Waals surface area contributed by atoms with Crippen molar-refractivity contribution in [3.8, 4) is 0 Å². The van der Waals surface area contributed by atoms with Crippen molar-refractivity contribution in [2.75, 3.05) is 26.7 Å². The molecule has 1 saturated heterocycles. The second kappa shape index (κ2) is 8.22. The molecular formula is C15H29N3O3. The summed E-state index contributed by atoms with van der Waals surface area (Å²) in [4.78, 5) is 27.2. The number of carbonyl (C=O) groups is 2. The van der Waals surface area contributed by atoms with Crippen LogP contribution in [-0.2, 0) is 4.79 Å². The summed E-state index contributed by atoms with van der Waals surface area (Å²) in [5.41, 5.74) is 0. The molecule has 2 amide bonds. The average molecular weight is 299 g/mol. The molecule has 2 N–H and O–H groups in total. The Kier molecular flexibility index (Phi) is 6.95. The normalized spacial score (nSPS) is 24.0. The van der Waals surface area contributed by atoms with Crippen LogP contribution in [-0.4, -0.2) is 65.7 Å². The first kappa shape index (κ1) is 17.8. The van der Waals surface area contributed by atoms with Crippen molar-refractivity contribution in [2.24, 2.45) is 5.92 Å². The third kappa shape index (κ3) is 4.88. The fourth-order valence-corrected chi connectivity index (χ4v) is 2.77. The summed E-state index contributed by atoms with van der Waals surface area (Å²) in [5, 5.41) is 12.2. The molecule has 0 aromatic rings. The topological polar surface area (TPSA) is 72.9 Å². The standard InChI is InChI=1S/C15H29N3O3/c1-5-12(3)17(4)10-8-16-15(21)18-9-6-7-11(2)13(18)14(19)20/h11-13H,5-10H2,1-4H3,(H,16,21)(H,19,20). The average Bonchev–Trinajstić information content (AvgIpc) is 2.45. The van der Waals surface area contributed by atoms with E-state index < -0.39 is 12.0 Å². The van der Waals surface area contributed by atoms with Gasteiger partial charge in [0.1, 0.15) is 6.04 Å². The smallest absolute Gasteiger partial charge is 0.326 e. The lowest BCUT2D eigenvalue weighted by atomic mass is 9.91. The van der Waals surface area contributed by atoms with Crippen LogP contribution in [0.2, 0.25) is 0 Å². The van der Waals surface area contributed by atoms with Crippen molar-refractivity contribution in [1.82, 2.24) is 15.1 Å². The minimum absolute atomic E-state index is 0.00443. The highest BCUT2D eigenvalue weighted by Gasteiger charge is 2.36. The molecule has 1 aliphatic rings. The molecule has 1 aliphatic heterocycles. The summed E-state index contributed by atoms with van der Waals surface area (Å²) in [7, 11) is 2.03. The van der Waals surface area contributed by atoms with Crippen molar-refractivity contribution in [3.63, 3.8) is 0 Å². The minimum atomic E-state index is -0.908. The Labute approximate surface area is 127 Å². The maximum Gasteiger partial charge on any atom is 0.326 e. The van der Waals surface area contributed by atoms with E-state index in [0.29, 0.717) is 19.1 Å². The highest BCUT2D eigenvalue weighted by Crippen LogP contribution is 2.23. The summed E-state index contributed by atoms with van der Waals surface area (Å²) >= 11 is 0. The molecule has 3 atom stereocenters. The number of nitrogens with one attached hydrogen (secondary N) is 1. The van der Waals surface area contributed by atoms with Crippen molar-refractivity contribution in [3.05, 3.63) is 0 Å². The zero-order valence-electron chi connectivity index (χ0n) is 13.6. The van der Waals surface area contributed by atoms with Crippen LogP contribution in [0.15, 0.2) is 0 Å². The lowest BCUT2D eigenvalue weighted by molar-refractivity contribution is -0.145. The Morgan fingerprint density at radius 2 is 2.14 bits per heavy atom. The number of aliphatic carboxylic acids is 1. The number of likely N-dealkylation sites (tertiary alicyclic amines) is 1. The van der Waals surface area contributed by atoms with E-state index in [9.17, 15) is 14.7 Å². The number of rotatable bonds is 6. The van der Waals surface area contributed by atoms with Gasteiger partial charge in [0.05, 0.1) is 0 Å². The first-order valence-electron chi connectivity index (χ1n) is 7.86. The van der Waals surface area contributed by atoms with Gasteiger partial charge in [0.15, 0.2) is 0 Å². The highest BCUT2D eigenvalue weighted by molar-refractivity contribution is 5.83. The predicted molar refractivity (Wildman–Crippen MR) is 82.3 cm³/mol. The summed E-state index contributed by atoms with van der Waals surface area (Å²) in [5.74, 6) is -0.904. The number of likely N-dealkylation sites (N-methyl/N-ethyl adjacent to an activating group) is 1. The summed E-state index contributed by atoms with van der Waals surface area (Å²) < 4.78 is 0. The van der Waals surface area contributed by atoms with Crippen molar-refractivity contribution >= 4 is 12.0 Å². The Bertz CT molecular complexity index is 362. The molecule has 1 heterocycles. The maximum absolute atomic E-state index is 12.2. The summed E-state index contributed by atoms with van der Waals surface area (Å²) in [6.07, 6.45) is 2.79. The van der Waals surface area contributed by atoms with E-state index in [1.54, 1.807) is 0 Å². The number of carbonyl (C=O) groups excluding carboxylic acids is 1. The van der Waals surface area contributed by atoms with Crippen LogP contribution in [0.4, 0.5) is 4.79 Å². The Morgan fingerprint density at radius 3 is 2.71 bits per heavy atom. The van der Waals surface area contributed by atoms with Gasteiger partial charge in [0.2, 0.25) is 0 Å². The molecule has 3 unspecified atom stereocenters. The van der Waals surface area contributed by atoms with Gasteiger partial charge in [-0.05, 0) is 39.2 Å². The van der Waals surface area contributed by atoms with Crippen molar-refractivity contribution in [1.29, 1.82) is 0 Å². The minimum Gasteiger partial charge on any atom is -0.480 e. The fraction of sp³-hybridized carbons (Fsp3) is 0.867. The second-order valence-corrected chi connectivity index (χ2v) is 6.07. The molecule has 1 rings (SSSR count). The second-order valence-electron chi connectivity index (χ2n) is 6.07. The molecular weight excluding hydrogens is 270 g/mol. The Morgan fingerprint density at radius 1 is 1.48 bits per heavy atom. The lowest BCUT2D eigenvalue weighted by Gasteiger charge is -2.37. The van der Waals surface area contributed by atoms with Crippen LogP contribution in [0, 0.1) is 5.92 Å². The molecule has 0 saturated carbocycles. The molecule has 6 heteroatoms. The molecule has 21 heavy (non-hydrogen) atoms. The maximum atomic E-state index is 12.2. The van der Waals surface area contributed by atoms with E-state index in [4.69, 9.17) is 0 Å². The molecule has 0 aromatic carbocycles. The van der Waals surface area contributed by atoms with Gasteiger partial charge in [-0.25, -0.2) is 9.59 Å². The van der Waals surface area contributed by atoms with Crippen LogP contribution in [0.1, 0.15) is 40.0 Å². The van der Waals surface area contributed by atoms with Crippen LogP contribution in [0.3, 0.4) is 0 Å². The van der Waals surface area contributed by atoms with Crippen molar-refractivity contribution in [2.45, 2.75) is 52.1 Å². The van der Waals surface area contributed by atoms with Gasteiger partial charge in [-0.2, -0.15) is 0 Å². The predicted octanol–water partition coefficient (Wildman–Crippen LogP) is 1.61. The van der Waals surface area contributed by atoms with E-state index in [0.717, 1.165) is 25.8 Å². The van der Waals surface area contributed by atoms with E-state index in [2.05, 4.69) is 24.1 Å². The lowest BCUT2D eigenvalue weighted by Crippen LogP contribution is -2.55. The van der Waals surface area contributed by atoms with E-state index in [-0.39, 0.29) is 11.9 Å². The van der Waals surface area contributed by atoms with Gasteiger partial charge in [-0.3, -0.25) is 0 Å². The molecule has 6 nitrogen and oxygen atoms in total. The summed E-state index contributed by atoms with van der Waals surface area (Å²) in [6, 6.07) is -0.485. The quantitative estimate of drug-likeness (QED) is 0.781. The van der Waals surface area contributed by atoms with Gasteiger partial charge in [0.25, 0.3) is 0 Å². The van der Waals surface area contributed by atoms with E-state index >= 15 is 0 Å². The molecule has 0 aromatic heterocycles. The molecule has 0 radical (unpaired) electrons. The monoisotopic (exact) mass is 299 g/mol. The van der Waals surface area contributed by atoms with Gasteiger partial charge in [-0.1, -0.05) is 13.8 Å². The van der Waals surface area contributed by atoms with E-state index in [1.165, 1.54) is 4.90 Å². The fourth-order valence-electron chi connectivity index (χ4n) is 2.77. The molecule has 0 bridgehead atoms. The van der Waals surface area contributed by atoms with Crippen LogP contribution < -0.4 is 5.32 Å². The van der Waals surface area contributed by atoms with E-state index in [1.807, 2.05) is 14.0 Å². The number of piperidine rings is 1. The van der Waals surface area contributed by atoms with Gasteiger partial charge in [-0.15, -0.1) is 0 Å². The van der Waals surface area contributed by atoms with Crippen molar-refractivity contribution < 1.29 is 14.7 Å². The third-order valence-corrected chi connectivity index (χ3v) is 4.53. The Balaban J connectivity index is 2.48. The SMILES string of the molecule is CCC(C)N(C)CCNC(=O)N1CCCC(C)C1C(=O)O. The van der Waals surface area contributed by atoms with Gasteiger partial charge in [0, 0.05) is 25.7 Å². The van der Waals surface area contributed by atoms with Crippen LogP contribution >= 0.6 is 0 Å². The number of amides is 2. The largest absolute Gasteiger partial charge is 0.480 e. The molecule has 1 fully saturated rings. The number of urea groups is 1. The number of hydrogen-bond donors (Lipinski definition) is 2. The third-order valence-electron chi connectivity index (χ3n) is 4.53. The highest BCUT2D eigenvalue weighted by atomic mass is 16.4.